The van der Waals surface area contributed by atoms with E-state index in [0.29, 0.717) is 0 Å². The molecule has 1 unspecified atom stereocenters. The second kappa shape index (κ2) is 17.5. The van der Waals surface area contributed by atoms with Crippen molar-refractivity contribution in [2.45, 2.75) is 117 Å². The Morgan fingerprint density at radius 1 is 0.383 bits per heavy atom. The molecule has 47 heavy (non-hydrogen) atoms. The topological polar surface area (TPSA) is 238 Å². The van der Waals surface area contributed by atoms with E-state index < -0.39 is 122 Å². The van der Waals surface area contributed by atoms with E-state index in [1.165, 1.54) is 0 Å². The summed E-state index contributed by atoms with van der Waals surface area (Å²) < 4.78 is 60.2. The van der Waals surface area contributed by atoms with Crippen LogP contribution in [-0.4, -0.2) is 122 Å². The standard InChI is InChI=1S/C28H38O19/c1-11(29)37-9-19-21(39-13(3)31)23(40-14(4)32)26(43-17(7)35)28(46-19)47-22-20(10-38-12(2)30)45-27(44-18(8)36)25(42-16(6)34)24(22)41-15(5)33/h19-28H,9-10H2,1-8H3/t19-,20-,21-,22-,23+,24+,25+,26-,27?,28+/m1/s1. The van der Waals surface area contributed by atoms with Gasteiger partial charge in [0.1, 0.15) is 31.5 Å². The highest BCUT2D eigenvalue weighted by atomic mass is 16.8. The zero-order chi connectivity index (χ0) is 35.6. The predicted octanol–water partition coefficient (Wildman–Crippen LogP) is -0.831. The Bertz CT molecular complexity index is 1200. The van der Waals surface area contributed by atoms with Gasteiger partial charge in [0, 0.05) is 55.4 Å². The van der Waals surface area contributed by atoms with Crippen LogP contribution in [0.1, 0.15) is 55.4 Å². The summed E-state index contributed by atoms with van der Waals surface area (Å²) in [6.07, 6.45) is -16.3. The molecular weight excluding hydrogens is 640 g/mol. The first kappa shape index (κ1) is 38.8. The summed E-state index contributed by atoms with van der Waals surface area (Å²) in [6.45, 7) is 7.05. The van der Waals surface area contributed by atoms with E-state index in [1.807, 2.05) is 0 Å². The molecule has 2 heterocycles. The van der Waals surface area contributed by atoms with Crippen molar-refractivity contribution in [3.05, 3.63) is 0 Å². The van der Waals surface area contributed by atoms with Gasteiger partial charge < -0.3 is 52.1 Å². The second-order valence-corrected chi connectivity index (χ2v) is 10.3. The fourth-order valence-corrected chi connectivity index (χ4v) is 4.73. The number of ether oxygens (including phenoxy) is 11. The van der Waals surface area contributed by atoms with Crippen LogP contribution in [0, 0.1) is 0 Å². The van der Waals surface area contributed by atoms with Crippen LogP contribution >= 0.6 is 0 Å². The van der Waals surface area contributed by atoms with E-state index in [-0.39, 0.29) is 0 Å². The molecule has 0 bridgehead atoms. The molecule has 19 nitrogen and oxygen atoms in total. The Hall–Kier alpha value is -4.36. The van der Waals surface area contributed by atoms with Crippen molar-refractivity contribution in [1.29, 1.82) is 0 Å². The van der Waals surface area contributed by atoms with Crippen molar-refractivity contribution >= 4 is 47.8 Å². The zero-order valence-corrected chi connectivity index (χ0v) is 26.9. The van der Waals surface area contributed by atoms with Gasteiger partial charge in [-0.1, -0.05) is 0 Å². The molecule has 0 aromatic carbocycles. The number of hydrogen-bond donors (Lipinski definition) is 0. The third-order valence-electron chi connectivity index (χ3n) is 6.17. The number of rotatable bonds is 12. The van der Waals surface area contributed by atoms with Crippen molar-refractivity contribution in [2.24, 2.45) is 0 Å². The summed E-state index contributed by atoms with van der Waals surface area (Å²) in [5.41, 5.74) is 0. The second-order valence-electron chi connectivity index (χ2n) is 10.3. The highest BCUT2D eigenvalue weighted by molar-refractivity contribution is 5.70. The van der Waals surface area contributed by atoms with E-state index in [1.54, 1.807) is 0 Å². The molecule has 0 aromatic heterocycles. The maximum Gasteiger partial charge on any atom is 0.305 e. The van der Waals surface area contributed by atoms with Gasteiger partial charge in [-0.15, -0.1) is 0 Å². The van der Waals surface area contributed by atoms with Gasteiger partial charge in [0.25, 0.3) is 0 Å². The summed E-state index contributed by atoms with van der Waals surface area (Å²) in [6, 6.07) is 0. The quantitative estimate of drug-likeness (QED) is 0.181. The maximum absolute atomic E-state index is 12.3. The summed E-state index contributed by atoms with van der Waals surface area (Å²) in [5, 5.41) is 0. The van der Waals surface area contributed by atoms with Crippen molar-refractivity contribution in [2.75, 3.05) is 13.2 Å². The van der Waals surface area contributed by atoms with Crippen LogP contribution in [0.25, 0.3) is 0 Å². The van der Waals surface area contributed by atoms with E-state index in [4.69, 9.17) is 52.1 Å². The highest BCUT2D eigenvalue weighted by Gasteiger charge is 2.58. The van der Waals surface area contributed by atoms with Crippen LogP contribution in [0.2, 0.25) is 0 Å². The van der Waals surface area contributed by atoms with E-state index in [0.717, 1.165) is 55.4 Å². The summed E-state index contributed by atoms with van der Waals surface area (Å²) in [4.78, 5) is 96.3. The monoisotopic (exact) mass is 678 g/mol. The van der Waals surface area contributed by atoms with Gasteiger partial charge in [-0.2, -0.15) is 0 Å². The van der Waals surface area contributed by atoms with Crippen molar-refractivity contribution < 1.29 is 90.5 Å². The molecule has 10 atom stereocenters. The molecule has 0 N–H and O–H groups in total. The fraction of sp³-hybridized carbons (Fsp3) is 0.714. The molecule has 0 saturated carbocycles. The Balaban J connectivity index is 2.73. The minimum atomic E-state index is -1.83. The van der Waals surface area contributed by atoms with Crippen LogP contribution in [0.4, 0.5) is 0 Å². The van der Waals surface area contributed by atoms with Crippen molar-refractivity contribution in [3.63, 3.8) is 0 Å². The smallest absolute Gasteiger partial charge is 0.305 e. The van der Waals surface area contributed by atoms with Gasteiger partial charge in [0.15, 0.2) is 30.7 Å². The first-order valence-corrected chi connectivity index (χ1v) is 14.2. The highest BCUT2D eigenvalue weighted by Crippen LogP contribution is 2.35. The average Bonchev–Trinajstić information content (AvgIpc) is 2.91. The minimum absolute atomic E-state index is 0.590. The Morgan fingerprint density at radius 2 is 0.702 bits per heavy atom. The lowest BCUT2D eigenvalue weighted by Gasteiger charge is -2.48. The molecule has 0 amide bonds. The molecule has 264 valence electrons. The lowest BCUT2D eigenvalue weighted by atomic mass is 9.96. The Kier molecular flexibility index (Phi) is 14.5. The van der Waals surface area contributed by atoms with Crippen LogP contribution < -0.4 is 0 Å². The number of esters is 8. The third kappa shape index (κ3) is 12.1. The molecule has 2 fully saturated rings. The molecule has 2 saturated heterocycles. The van der Waals surface area contributed by atoms with Gasteiger partial charge >= 0.3 is 47.8 Å². The van der Waals surface area contributed by atoms with Crippen molar-refractivity contribution in [3.8, 4) is 0 Å². The fourth-order valence-electron chi connectivity index (χ4n) is 4.73. The molecule has 0 aromatic rings. The van der Waals surface area contributed by atoms with Crippen LogP contribution in [-0.2, 0) is 90.5 Å². The number of carbonyl (C=O) groups excluding carboxylic acids is 8. The Morgan fingerprint density at radius 3 is 1.11 bits per heavy atom. The summed E-state index contributed by atoms with van der Waals surface area (Å²) in [5.74, 6) is -7.02. The molecule has 0 spiro atoms. The lowest BCUT2D eigenvalue weighted by molar-refractivity contribution is -0.357. The van der Waals surface area contributed by atoms with E-state index in [9.17, 15) is 38.4 Å². The first-order valence-electron chi connectivity index (χ1n) is 14.2. The lowest BCUT2D eigenvalue weighted by Crippen LogP contribution is -2.67. The van der Waals surface area contributed by atoms with Gasteiger partial charge in [0.05, 0.1) is 0 Å². The van der Waals surface area contributed by atoms with E-state index in [2.05, 4.69) is 0 Å². The van der Waals surface area contributed by atoms with Crippen LogP contribution in [0.5, 0.6) is 0 Å². The molecule has 0 radical (unpaired) electrons. The van der Waals surface area contributed by atoms with Gasteiger partial charge in [-0.3, -0.25) is 38.4 Å². The summed E-state index contributed by atoms with van der Waals surface area (Å²) >= 11 is 0. The molecular formula is C28H38O19. The van der Waals surface area contributed by atoms with Gasteiger partial charge in [-0.05, 0) is 0 Å². The first-order chi connectivity index (χ1) is 21.9. The SMILES string of the molecule is CC(=O)OC[C@H]1O[C@@H](O[C@H]2[C@H](OC(C)=O)[C@H](OC(C)=O)C(OC(C)=O)O[C@@H]2COC(C)=O)[C@H](OC(C)=O)[C@@H](OC(C)=O)[C@@H]1OC(C)=O. The Labute approximate surface area is 268 Å². The molecule has 2 aliphatic heterocycles. The van der Waals surface area contributed by atoms with Crippen molar-refractivity contribution in [1.82, 2.24) is 0 Å². The van der Waals surface area contributed by atoms with Gasteiger partial charge in [-0.25, -0.2) is 0 Å². The average molecular weight is 679 g/mol. The van der Waals surface area contributed by atoms with E-state index >= 15 is 0 Å². The predicted molar refractivity (Wildman–Crippen MR) is 145 cm³/mol. The molecule has 19 heteroatoms. The molecule has 2 aliphatic rings. The summed E-state index contributed by atoms with van der Waals surface area (Å²) in [7, 11) is 0. The molecule has 0 aliphatic carbocycles. The largest absolute Gasteiger partial charge is 0.463 e. The molecule has 2 rings (SSSR count). The normalized spacial score (nSPS) is 30.0. The van der Waals surface area contributed by atoms with Crippen LogP contribution in [0.3, 0.4) is 0 Å². The van der Waals surface area contributed by atoms with Crippen LogP contribution in [0.15, 0.2) is 0 Å². The third-order valence-corrected chi connectivity index (χ3v) is 6.17. The maximum atomic E-state index is 12.3. The zero-order valence-electron chi connectivity index (χ0n) is 26.9. The number of hydrogen-bond acceptors (Lipinski definition) is 19. The van der Waals surface area contributed by atoms with Gasteiger partial charge in [0.2, 0.25) is 12.4 Å². The number of carbonyl (C=O) groups is 8. The minimum Gasteiger partial charge on any atom is -0.463 e.